The molecule has 0 spiro atoms. The number of hydrogen-bond acceptors (Lipinski definition) is 5. The maximum Gasteiger partial charge on any atom is 0.311 e. The van der Waals surface area contributed by atoms with E-state index in [4.69, 9.17) is 4.74 Å². The van der Waals surface area contributed by atoms with Crippen LogP contribution in [0.15, 0.2) is 24.3 Å². The van der Waals surface area contributed by atoms with Crippen LogP contribution in [0.1, 0.15) is 12.6 Å². The first-order valence-electron chi connectivity index (χ1n) is 5.58. The van der Waals surface area contributed by atoms with E-state index >= 15 is 0 Å². The number of aromatic nitrogens is 1. The lowest BCUT2D eigenvalue weighted by atomic mass is 10.3. The number of aryl methyl sites for hydroxylation is 1. The van der Waals surface area contributed by atoms with E-state index in [0.717, 1.165) is 11.3 Å². The van der Waals surface area contributed by atoms with Gasteiger partial charge in [0, 0.05) is 18.3 Å². The average Bonchev–Trinajstić information content (AvgIpc) is 2.27. The first-order valence-corrected chi connectivity index (χ1v) is 5.58. The van der Waals surface area contributed by atoms with Crippen LogP contribution < -0.4 is 5.32 Å². The molecule has 0 saturated carbocycles. The van der Waals surface area contributed by atoms with Gasteiger partial charge in [-0.3, -0.25) is 10.1 Å². The maximum absolute atomic E-state index is 10.8. The van der Waals surface area contributed by atoms with Crippen LogP contribution in [0.5, 0.6) is 0 Å². The van der Waals surface area contributed by atoms with Crippen molar-refractivity contribution in [2.75, 3.05) is 25.1 Å². The van der Waals surface area contributed by atoms with Crippen molar-refractivity contribution in [3.8, 4) is 0 Å². The van der Waals surface area contributed by atoms with Crippen molar-refractivity contribution in [1.29, 1.82) is 0 Å². The Hall–Kier alpha value is -1.95. The first-order chi connectivity index (χ1) is 8.50. The van der Waals surface area contributed by atoms with Crippen LogP contribution in [0, 0.1) is 17.0 Å². The second kappa shape index (κ2) is 6.70. The van der Waals surface area contributed by atoms with Gasteiger partial charge in [-0.1, -0.05) is 12.2 Å². The Morgan fingerprint density at radius 2 is 2.33 bits per heavy atom. The van der Waals surface area contributed by atoms with Crippen molar-refractivity contribution >= 4 is 11.5 Å². The zero-order chi connectivity index (χ0) is 13.5. The van der Waals surface area contributed by atoms with E-state index in [1.54, 1.807) is 13.0 Å². The zero-order valence-electron chi connectivity index (χ0n) is 10.6. The van der Waals surface area contributed by atoms with Gasteiger partial charge in [-0.2, -0.15) is 0 Å². The number of nitrogens with one attached hydrogen (secondary N) is 1. The van der Waals surface area contributed by atoms with Crippen molar-refractivity contribution in [2.45, 2.75) is 13.8 Å². The van der Waals surface area contributed by atoms with E-state index in [9.17, 15) is 10.1 Å². The van der Waals surface area contributed by atoms with Crippen molar-refractivity contribution < 1.29 is 9.66 Å². The molecule has 0 unspecified atom stereocenters. The van der Waals surface area contributed by atoms with Crippen molar-refractivity contribution in [2.24, 2.45) is 0 Å². The number of pyridine rings is 1. The molecule has 18 heavy (non-hydrogen) atoms. The fraction of sp³-hybridized carbons (Fsp3) is 0.417. The Labute approximate surface area is 106 Å². The van der Waals surface area contributed by atoms with E-state index < -0.39 is 4.92 Å². The third kappa shape index (κ3) is 4.50. The van der Waals surface area contributed by atoms with E-state index in [2.05, 4.69) is 16.9 Å². The minimum atomic E-state index is -0.455. The molecule has 0 fully saturated rings. The molecule has 0 aliphatic heterocycles. The van der Waals surface area contributed by atoms with Crippen LogP contribution in [0.4, 0.5) is 11.5 Å². The van der Waals surface area contributed by atoms with Crippen LogP contribution in [0.2, 0.25) is 0 Å². The number of ether oxygens (including phenoxy) is 1. The number of rotatable bonds is 7. The number of hydrogen-bond donors (Lipinski definition) is 1. The monoisotopic (exact) mass is 251 g/mol. The summed E-state index contributed by atoms with van der Waals surface area (Å²) >= 11 is 0. The summed E-state index contributed by atoms with van der Waals surface area (Å²) in [6, 6.07) is 3.06. The standard InChI is InChI=1S/C12H17N3O3/c1-9(2)8-18-7-6-13-12-11(15(16)17)5-4-10(3)14-12/h4-5H,1,6-8H2,2-3H3,(H,13,14). The van der Waals surface area contributed by atoms with Crippen molar-refractivity contribution in [3.05, 3.63) is 40.1 Å². The molecule has 0 saturated heterocycles. The Morgan fingerprint density at radius 1 is 1.61 bits per heavy atom. The van der Waals surface area contributed by atoms with Crippen LogP contribution in [0.3, 0.4) is 0 Å². The summed E-state index contributed by atoms with van der Waals surface area (Å²) in [7, 11) is 0. The van der Waals surface area contributed by atoms with Gasteiger partial charge < -0.3 is 10.1 Å². The fourth-order valence-electron chi connectivity index (χ4n) is 1.31. The Kier molecular flexibility index (Phi) is 5.26. The lowest BCUT2D eigenvalue weighted by molar-refractivity contribution is -0.384. The topological polar surface area (TPSA) is 77.3 Å². The second-order valence-electron chi connectivity index (χ2n) is 4.01. The summed E-state index contributed by atoms with van der Waals surface area (Å²) in [6.45, 7) is 8.77. The molecular formula is C12H17N3O3. The molecule has 0 radical (unpaired) electrons. The van der Waals surface area contributed by atoms with Gasteiger partial charge in [0.15, 0.2) is 0 Å². The van der Waals surface area contributed by atoms with E-state index in [1.807, 2.05) is 6.92 Å². The van der Waals surface area contributed by atoms with Gasteiger partial charge >= 0.3 is 5.69 Å². The van der Waals surface area contributed by atoms with Gasteiger partial charge in [0.1, 0.15) is 0 Å². The smallest absolute Gasteiger partial charge is 0.311 e. The molecule has 1 rings (SSSR count). The summed E-state index contributed by atoms with van der Waals surface area (Å²) in [6.07, 6.45) is 0. The highest BCUT2D eigenvalue weighted by molar-refractivity contribution is 5.55. The summed E-state index contributed by atoms with van der Waals surface area (Å²) in [5.41, 5.74) is 1.64. The highest BCUT2D eigenvalue weighted by atomic mass is 16.6. The molecule has 1 heterocycles. The minimum Gasteiger partial charge on any atom is -0.375 e. The predicted octanol–water partition coefficient (Wildman–Crippen LogP) is 2.30. The fourth-order valence-corrected chi connectivity index (χ4v) is 1.31. The maximum atomic E-state index is 10.8. The summed E-state index contributed by atoms with van der Waals surface area (Å²) in [5, 5.41) is 13.7. The third-order valence-corrected chi connectivity index (χ3v) is 2.10. The number of nitro groups is 1. The van der Waals surface area contributed by atoms with Crippen molar-refractivity contribution in [3.63, 3.8) is 0 Å². The van der Waals surface area contributed by atoms with Crippen molar-refractivity contribution in [1.82, 2.24) is 4.98 Å². The van der Waals surface area contributed by atoms with Gasteiger partial charge in [-0.25, -0.2) is 4.98 Å². The Morgan fingerprint density at radius 3 is 2.94 bits per heavy atom. The van der Waals surface area contributed by atoms with Gasteiger partial charge in [0.25, 0.3) is 0 Å². The third-order valence-electron chi connectivity index (χ3n) is 2.10. The Bertz CT molecular complexity index is 446. The average molecular weight is 251 g/mol. The molecule has 0 amide bonds. The van der Waals surface area contributed by atoms with E-state index in [0.29, 0.717) is 19.8 Å². The lowest BCUT2D eigenvalue weighted by Crippen LogP contribution is -2.12. The number of anilines is 1. The molecule has 0 atom stereocenters. The minimum absolute atomic E-state index is 0.0273. The molecular weight excluding hydrogens is 234 g/mol. The molecule has 1 aromatic heterocycles. The Balaban J connectivity index is 2.53. The molecule has 0 bridgehead atoms. The second-order valence-corrected chi connectivity index (χ2v) is 4.01. The van der Waals surface area contributed by atoms with E-state index in [1.165, 1.54) is 6.07 Å². The largest absolute Gasteiger partial charge is 0.375 e. The quantitative estimate of drug-likeness (QED) is 0.348. The lowest BCUT2D eigenvalue weighted by Gasteiger charge is -2.07. The summed E-state index contributed by atoms with van der Waals surface area (Å²) in [5.74, 6) is 0.277. The first kappa shape index (κ1) is 14.1. The summed E-state index contributed by atoms with van der Waals surface area (Å²) in [4.78, 5) is 14.4. The van der Waals surface area contributed by atoms with E-state index in [-0.39, 0.29) is 11.5 Å². The van der Waals surface area contributed by atoms with Crippen LogP contribution >= 0.6 is 0 Å². The molecule has 0 aromatic carbocycles. The van der Waals surface area contributed by atoms with Crippen LogP contribution in [0.25, 0.3) is 0 Å². The molecule has 6 heteroatoms. The summed E-state index contributed by atoms with van der Waals surface area (Å²) < 4.78 is 5.29. The molecule has 0 aliphatic rings. The zero-order valence-corrected chi connectivity index (χ0v) is 10.6. The van der Waals surface area contributed by atoms with Crippen LogP contribution in [-0.4, -0.2) is 29.7 Å². The van der Waals surface area contributed by atoms with Crippen LogP contribution in [-0.2, 0) is 4.74 Å². The highest BCUT2D eigenvalue weighted by Crippen LogP contribution is 2.21. The molecule has 1 N–H and O–H groups in total. The molecule has 98 valence electrons. The number of nitrogens with zero attached hydrogens (tertiary/aromatic N) is 2. The van der Waals surface area contributed by atoms with Gasteiger partial charge in [0.2, 0.25) is 5.82 Å². The predicted molar refractivity (Wildman–Crippen MR) is 69.8 cm³/mol. The SMILES string of the molecule is C=C(C)COCCNc1nc(C)ccc1[N+](=O)[O-]. The normalized spacial score (nSPS) is 10.1. The highest BCUT2D eigenvalue weighted by Gasteiger charge is 2.14. The molecule has 6 nitrogen and oxygen atoms in total. The van der Waals surface area contributed by atoms with Gasteiger partial charge in [-0.15, -0.1) is 0 Å². The molecule has 0 aliphatic carbocycles. The van der Waals surface area contributed by atoms with Gasteiger partial charge in [-0.05, 0) is 19.9 Å². The van der Waals surface area contributed by atoms with Gasteiger partial charge in [0.05, 0.1) is 18.1 Å². The molecule has 1 aromatic rings.